The van der Waals surface area contributed by atoms with Gasteiger partial charge in [-0.2, -0.15) is 0 Å². The van der Waals surface area contributed by atoms with Gasteiger partial charge in [0.25, 0.3) is 0 Å². The van der Waals surface area contributed by atoms with Gasteiger partial charge in [-0.25, -0.2) is 0 Å². The van der Waals surface area contributed by atoms with Crippen LogP contribution in [-0.4, -0.2) is 24.2 Å². The fourth-order valence-corrected chi connectivity index (χ4v) is 2.58. The minimum Gasteiger partial charge on any atom is -0.449 e. The third kappa shape index (κ3) is 1.11. The molecule has 1 aliphatic carbocycles. The molecule has 0 amide bonds. The molecule has 2 aliphatic rings. The second-order valence-corrected chi connectivity index (χ2v) is 4.07. The van der Waals surface area contributed by atoms with Crippen LogP contribution in [0.4, 0.5) is 0 Å². The fraction of sp³-hybridized carbons (Fsp3) is 0.417. The van der Waals surface area contributed by atoms with Crippen molar-refractivity contribution in [2.24, 2.45) is 0 Å². The Labute approximate surface area is 84.5 Å². The van der Waals surface area contributed by atoms with Crippen molar-refractivity contribution in [1.82, 2.24) is 4.90 Å². The van der Waals surface area contributed by atoms with E-state index in [1.54, 1.807) is 0 Å². The number of benzene rings is 1. The lowest BCUT2D eigenvalue weighted by Crippen LogP contribution is -2.39. The van der Waals surface area contributed by atoms with Gasteiger partial charge in [-0.1, -0.05) is 24.3 Å². The first kappa shape index (κ1) is 8.45. The van der Waals surface area contributed by atoms with Crippen molar-refractivity contribution < 1.29 is 4.74 Å². The summed E-state index contributed by atoms with van der Waals surface area (Å²) in [6.07, 6.45) is 1.38. The molecule has 2 nitrogen and oxygen atoms in total. The molecule has 0 bridgehead atoms. The van der Waals surface area contributed by atoms with E-state index in [1.165, 1.54) is 11.1 Å². The first-order chi connectivity index (χ1) is 6.86. The highest BCUT2D eigenvalue weighted by molar-refractivity contribution is 5.37. The third-order valence-corrected chi connectivity index (χ3v) is 3.25. The molecule has 1 fully saturated rings. The van der Waals surface area contributed by atoms with Crippen molar-refractivity contribution in [3.63, 3.8) is 0 Å². The molecule has 1 aliphatic heterocycles. The lowest BCUT2D eigenvalue weighted by Gasteiger charge is -2.41. The number of hydrogen-bond donors (Lipinski definition) is 0. The molecular formula is C12H14NO-. The van der Waals surface area contributed by atoms with Crippen LogP contribution in [0, 0.1) is 7.05 Å². The standard InChI is InChI=1S/C12H14NO/c1-13-6-7-14-11-8-9-4-2-3-5-10(9)12(11)13/h2-5,11-12H,1,6-8H2/q-1/t11-,12+/m0/s1. The second kappa shape index (κ2) is 3.07. The summed E-state index contributed by atoms with van der Waals surface area (Å²) in [7, 11) is 4.09. The van der Waals surface area contributed by atoms with Crippen molar-refractivity contribution in [2.45, 2.75) is 18.6 Å². The highest BCUT2D eigenvalue weighted by atomic mass is 16.5. The van der Waals surface area contributed by atoms with Gasteiger partial charge in [0.2, 0.25) is 0 Å². The molecule has 1 aromatic rings. The van der Waals surface area contributed by atoms with E-state index in [9.17, 15) is 0 Å². The monoisotopic (exact) mass is 188 g/mol. The van der Waals surface area contributed by atoms with E-state index in [-0.39, 0.29) is 0 Å². The topological polar surface area (TPSA) is 12.5 Å². The van der Waals surface area contributed by atoms with Gasteiger partial charge in [0.05, 0.1) is 12.7 Å². The molecule has 0 spiro atoms. The van der Waals surface area contributed by atoms with Gasteiger partial charge in [-0.3, -0.25) is 7.05 Å². The summed E-state index contributed by atoms with van der Waals surface area (Å²) in [6.45, 7) is 1.76. The fourth-order valence-electron chi connectivity index (χ4n) is 2.58. The SMILES string of the molecule is [CH2-]N1CCO[C@H]2Cc3ccccc3[C@H]21. The second-order valence-electron chi connectivity index (χ2n) is 4.07. The number of nitrogens with zero attached hydrogens (tertiary/aromatic N) is 1. The Morgan fingerprint density at radius 3 is 3.14 bits per heavy atom. The van der Waals surface area contributed by atoms with E-state index in [2.05, 4.69) is 36.2 Å². The van der Waals surface area contributed by atoms with Crippen LogP contribution in [0.2, 0.25) is 0 Å². The summed E-state index contributed by atoms with van der Waals surface area (Å²) >= 11 is 0. The number of ether oxygens (including phenoxy) is 1. The van der Waals surface area contributed by atoms with Crippen LogP contribution >= 0.6 is 0 Å². The lowest BCUT2D eigenvalue weighted by atomic mass is 10.1. The number of rotatable bonds is 0. The van der Waals surface area contributed by atoms with Gasteiger partial charge in [-0.15, -0.1) is 0 Å². The quantitative estimate of drug-likeness (QED) is 0.575. The maximum Gasteiger partial charge on any atom is 0.0789 e. The maximum absolute atomic E-state index is 5.77. The molecule has 3 rings (SSSR count). The van der Waals surface area contributed by atoms with E-state index in [4.69, 9.17) is 4.74 Å². The van der Waals surface area contributed by atoms with Crippen LogP contribution in [0.15, 0.2) is 24.3 Å². The number of fused-ring (bicyclic) bond motifs is 3. The molecule has 0 N–H and O–H groups in total. The summed E-state index contributed by atoms with van der Waals surface area (Å²) in [5, 5.41) is 0. The minimum absolute atomic E-state index is 0.332. The molecule has 1 heterocycles. The largest absolute Gasteiger partial charge is 0.449 e. The van der Waals surface area contributed by atoms with Crippen molar-refractivity contribution in [1.29, 1.82) is 0 Å². The lowest BCUT2D eigenvalue weighted by molar-refractivity contribution is -0.0463. The molecule has 0 saturated carbocycles. The zero-order valence-electron chi connectivity index (χ0n) is 8.15. The molecule has 0 unspecified atom stereocenters. The van der Waals surface area contributed by atoms with E-state index < -0.39 is 0 Å². The molecule has 1 aromatic carbocycles. The summed E-state index contributed by atoms with van der Waals surface area (Å²) in [5.41, 5.74) is 2.84. The smallest absolute Gasteiger partial charge is 0.0789 e. The average molecular weight is 188 g/mol. The predicted molar refractivity (Wildman–Crippen MR) is 54.7 cm³/mol. The Bertz CT molecular complexity index is 350. The Hall–Kier alpha value is -0.860. The van der Waals surface area contributed by atoms with Gasteiger partial charge < -0.3 is 9.64 Å². The summed E-state index contributed by atoms with van der Waals surface area (Å²) in [5.74, 6) is 0. The Balaban J connectivity index is 2.03. The van der Waals surface area contributed by atoms with E-state index >= 15 is 0 Å². The zero-order chi connectivity index (χ0) is 9.54. The Kier molecular flexibility index (Phi) is 1.85. The van der Waals surface area contributed by atoms with Crippen LogP contribution in [0.3, 0.4) is 0 Å². The zero-order valence-corrected chi connectivity index (χ0v) is 8.15. The molecule has 2 heteroatoms. The molecule has 0 aromatic heterocycles. The van der Waals surface area contributed by atoms with Crippen LogP contribution < -0.4 is 0 Å². The van der Waals surface area contributed by atoms with Crippen molar-refractivity contribution in [3.8, 4) is 0 Å². The first-order valence-electron chi connectivity index (χ1n) is 5.13. The minimum atomic E-state index is 0.332. The summed E-state index contributed by atoms with van der Waals surface area (Å²) in [4.78, 5) is 2.17. The van der Waals surface area contributed by atoms with E-state index in [1.807, 2.05) is 0 Å². The molecule has 14 heavy (non-hydrogen) atoms. The van der Waals surface area contributed by atoms with Gasteiger partial charge >= 0.3 is 0 Å². The third-order valence-electron chi connectivity index (χ3n) is 3.25. The van der Waals surface area contributed by atoms with Gasteiger partial charge in [0.15, 0.2) is 0 Å². The number of hydrogen-bond acceptors (Lipinski definition) is 2. The normalized spacial score (nSPS) is 31.2. The predicted octanol–water partition coefficient (Wildman–Crippen LogP) is 1.78. The van der Waals surface area contributed by atoms with Gasteiger partial charge in [-0.05, 0) is 17.7 Å². The van der Waals surface area contributed by atoms with Crippen LogP contribution in [0.5, 0.6) is 0 Å². The van der Waals surface area contributed by atoms with Crippen molar-refractivity contribution in [3.05, 3.63) is 42.4 Å². The number of morpholine rings is 1. The highest BCUT2D eigenvalue weighted by Crippen LogP contribution is 2.38. The van der Waals surface area contributed by atoms with E-state index in [0.717, 1.165) is 19.6 Å². The van der Waals surface area contributed by atoms with Crippen LogP contribution in [-0.2, 0) is 11.2 Å². The Morgan fingerprint density at radius 2 is 2.21 bits per heavy atom. The Morgan fingerprint density at radius 1 is 1.36 bits per heavy atom. The highest BCUT2D eigenvalue weighted by Gasteiger charge is 2.35. The molecule has 0 radical (unpaired) electrons. The molecule has 1 saturated heterocycles. The first-order valence-corrected chi connectivity index (χ1v) is 5.13. The maximum atomic E-state index is 5.77. The molecule has 74 valence electrons. The van der Waals surface area contributed by atoms with Crippen molar-refractivity contribution in [2.75, 3.05) is 13.2 Å². The van der Waals surface area contributed by atoms with Crippen LogP contribution in [0.1, 0.15) is 17.2 Å². The summed E-state index contributed by atoms with van der Waals surface area (Å²) in [6, 6.07) is 8.99. The van der Waals surface area contributed by atoms with Crippen molar-refractivity contribution >= 4 is 0 Å². The van der Waals surface area contributed by atoms with Gasteiger partial charge in [0, 0.05) is 12.5 Å². The van der Waals surface area contributed by atoms with E-state index in [0.29, 0.717) is 12.1 Å². The van der Waals surface area contributed by atoms with Crippen LogP contribution in [0.25, 0.3) is 0 Å². The molecule has 2 atom stereocenters. The average Bonchev–Trinajstić information content (AvgIpc) is 2.57. The van der Waals surface area contributed by atoms with Gasteiger partial charge in [0.1, 0.15) is 0 Å². The molecular weight excluding hydrogens is 174 g/mol. The summed E-state index contributed by atoms with van der Waals surface area (Å²) < 4.78 is 5.77.